The Morgan fingerprint density at radius 2 is 2.06 bits per heavy atom. The summed E-state index contributed by atoms with van der Waals surface area (Å²) in [5.41, 5.74) is 4.81. The van der Waals surface area contributed by atoms with E-state index in [0.717, 1.165) is 6.42 Å². The molecule has 4 N–H and O–H groups in total. The predicted octanol–water partition coefficient (Wildman–Crippen LogP) is 1.03. The van der Waals surface area contributed by atoms with Crippen LogP contribution in [0.5, 0.6) is 0 Å². The molecule has 0 aliphatic heterocycles. The van der Waals surface area contributed by atoms with E-state index >= 15 is 0 Å². The lowest BCUT2D eigenvalue weighted by atomic mass is 9.94. The van der Waals surface area contributed by atoms with E-state index in [0.29, 0.717) is 18.8 Å². The molecule has 0 aromatic rings. The molecule has 2 atom stereocenters. The van der Waals surface area contributed by atoms with Crippen LogP contribution in [0.15, 0.2) is 0 Å². The molecular formula is C12H26N2O2. The van der Waals surface area contributed by atoms with Crippen LogP contribution < -0.4 is 11.1 Å². The highest BCUT2D eigenvalue weighted by Gasteiger charge is 2.23. The van der Waals surface area contributed by atoms with Gasteiger partial charge in [0.25, 0.3) is 0 Å². The van der Waals surface area contributed by atoms with Crippen molar-refractivity contribution in [3.05, 3.63) is 0 Å². The molecule has 0 heterocycles. The van der Waals surface area contributed by atoms with Crippen LogP contribution in [-0.4, -0.2) is 29.2 Å². The highest BCUT2D eigenvalue weighted by atomic mass is 16.3. The first-order chi connectivity index (χ1) is 7.28. The maximum absolute atomic E-state index is 11.5. The second-order valence-electron chi connectivity index (χ2n) is 5.21. The quantitative estimate of drug-likeness (QED) is 0.611. The number of hydrogen-bond donors (Lipinski definition) is 3. The van der Waals surface area contributed by atoms with Gasteiger partial charge in [-0.15, -0.1) is 0 Å². The summed E-state index contributed by atoms with van der Waals surface area (Å²) in [5.74, 6) is 0.224. The first-order valence-corrected chi connectivity index (χ1v) is 6.04. The Morgan fingerprint density at radius 1 is 1.50 bits per heavy atom. The molecule has 0 fully saturated rings. The van der Waals surface area contributed by atoms with E-state index in [-0.39, 0.29) is 12.5 Å². The molecule has 0 rings (SSSR count). The Morgan fingerprint density at radius 3 is 2.50 bits per heavy atom. The summed E-state index contributed by atoms with van der Waals surface area (Å²) in [5, 5.41) is 12.7. The topological polar surface area (TPSA) is 75.4 Å². The number of nitrogens with two attached hydrogens (primary N) is 1. The van der Waals surface area contributed by atoms with Crippen molar-refractivity contribution in [3.63, 3.8) is 0 Å². The fourth-order valence-electron chi connectivity index (χ4n) is 1.80. The van der Waals surface area contributed by atoms with E-state index in [1.165, 1.54) is 0 Å². The van der Waals surface area contributed by atoms with Crippen molar-refractivity contribution in [3.8, 4) is 0 Å². The second-order valence-corrected chi connectivity index (χ2v) is 5.21. The lowest BCUT2D eigenvalue weighted by Crippen LogP contribution is -2.47. The van der Waals surface area contributed by atoms with Crippen molar-refractivity contribution in [2.45, 2.75) is 58.6 Å². The van der Waals surface area contributed by atoms with Gasteiger partial charge in [0.1, 0.15) is 0 Å². The third kappa shape index (κ3) is 6.80. The average molecular weight is 230 g/mol. The number of carbonyl (C=O) groups is 1. The highest BCUT2D eigenvalue weighted by Crippen LogP contribution is 2.15. The fourth-order valence-corrected chi connectivity index (χ4v) is 1.80. The second kappa shape index (κ2) is 6.86. The zero-order chi connectivity index (χ0) is 12.8. The van der Waals surface area contributed by atoms with Crippen molar-refractivity contribution in [2.24, 2.45) is 11.7 Å². The first kappa shape index (κ1) is 15.4. The van der Waals surface area contributed by atoms with Gasteiger partial charge in [-0.1, -0.05) is 27.2 Å². The zero-order valence-corrected chi connectivity index (χ0v) is 10.9. The van der Waals surface area contributed by atoms with Gasteiger partial charge in [0.2, 0.25) is 5.91 Å². The van der Waals surface area contributed by atoms with E-state index in [4.69, 9.17) is 5.73 Å². The minimum atomic E-state index is -0.851. The van der Waals surface area contributed by atoms with Crippen LogP contribution in [0, 0.1) is 5.92 Å². The van der Waals surface area contributed by atoms with Gasteiger partial charge in [-0.25, -0.2) is 0 Å². The van der Waals surface area contributed by atoms with E-state index < -0.39 is 11.6 Å². The highest BCUT2D eigenvalue weighted by molar-refractivity contribution is 5.81. The Hall–Kier alpha value is -0.610. The minimum Gasteiger partial charge on any atom is -0.388 e. The lowest BCUT2D eigenvalue weighted by Gasteiger charge is -2.26. The van der Waals surface area contributed by atoms with Crippen LogP contribution in [0.1, 0.15) is 47.0 Å². The molecule has 4 heteroatoms. The van der Waals surface area contributed by atoms with Crippen molar-refractivity contribution in [1.82, 2.24) is 5.32 Å². The molecular weight excluding hydrogens is 204 g/mol. The van der Waals surface area contributed by atoms with E-state index in [2.05, 4.69) is 5.32 Å². The number of nitrogens with one attached hydrogen (secondary N) is 1. The molecule has 0 bridgehead atoms. The van der Waals surface area contributed by atoms with Gasteiger partial charge in [-0.3, -0.25) is 4.79 Å². The molecule has 1 amide bonds. The summed E-state index contributed by atoms with van der Waals surface area (Å²) in [4.78, 5) is 11.5. The summed E-state index contributed by atoms with van der Waals surface area (Å²) < 4.78 is 0. The van der Waals surface area contributed by atoms with Crippen LogP contribution in [0.3, 0.4) is 0 Å². The summed E-state index contributed by atoms with van der Waals surface area (Å²) >= 11 is 0. The van der Waals surface area contributed by atoms with Crippen LogP contribution in [-0.2, 0) is 4.79 Å². The molecule has 0 aliphatic rings. The Labute approximate surface area is 98.6 Å². The molecule has 96 valence electrons. The maximum Gasteiger partial charge on any atom is 0.237 e. The summed E-state index contributed by atoms with van der Waals surface area (Å²) in [7, 11) is 0. The van der Waals surface area contributed by atoms with Crippen LogP contribution in [0.25, 0.3) is 0 Å². The maximum atomic E-state index is 11.5. The monoisotopic (exact) mass is 230 g/mol. The smallest absolute Gasteiger partial charge is 0.237 e. The van der Waals surface area contributed by atoms with E-state index in [1.807, 2.05) is 20.8 Å². The third-order valence-electron chi connectivity index (χ3n) is 2.43. The van der Waals surface area contributed by atoms with Crippen molar-refractivity contribution >= 4 is 5.91 Å². The van der Waals surface area contributed by atoms with Gasteiger partial charge in [0.15, 0.2) is 0 Å². The summed E-state index contributed by atoms with van der Waals surface area (Å²) in [6.45, 7) is 8.07. The SMILES string of the molecule is CCC[C@H](N)C(=O)NCC(C)(O)CC(C)C. The average Bonchev–Trinajstić information content (AvgIpc) is 2.12. The first-order valence-electron chi connectivity index (χ1n) is 6.04. The number of amides is 1. The lowest BCUT2D eigenvalue weighted by molar-refractivity contribution is -0.123. The molecule has 0 saturated carbocycles. The van der Waals surface area contributed by atoms with E-state index in [9.17, 15) is 9.90 Å². The molecule has 4 nitrogen and oxygen atoms in total. The minimum absolute atomic E-state index is 0.175. The number of aliphatic hydroxyl groups is 1. The molecule has 0 spiro atoms. The zero-order valence-electron chi connectivity index (χ0n) is 10.9. The molecule has 0 aliphatic carbocycles. The molecule has 0 saturated heterocycles. The molecule has 0 radical (unpaired) electrons. The Kier molecular flexibility index (Phi) is 6.60. The van der Waals surface area contributed by atoms with Crippen LogP contribution >= 0.6 is 0 Å². The van der Waals surface area contributed by atoms with Gasteiger partial charge >= 0.3 is 0 Å². The van der Waals surface area contributed by atoms with Gasteiger partial charge in [-0.05, 0) is 25.7 Å². The van der Waals surface area contributed by atoms with E-state index in [1.54, 1.807) is 6.92 Å². The van der Waals surface area contributed by atoms with Crippen molar-refractivity contribution in [2.75, 3.05) is 6.54 Å². The standard InChI is InChI=1S/C12H26N2O2/c1-5-6-10(13)11(15)14-8-12(4,16)7-9(2)3/h9-10,16H,5-8,13H2,1-4H3,(H,14,15)/t10-,12?/m0/s1. The molecule has 1 unspecified atom stereocenters. The fraction of sp³-hybridized carbons (Fsp3) is 0.917. The van der Waals surface area contributed by atoms with Crippen LogP contribution in [0.4, 0.5) is 0 Å². The molecule has 16 heavy (non-hydrogen) atoms. The Bertz CT molecular complexity index is 215. The van der Waals surface area contributed by atoms with Gasteiger partial charge in [-0.2, -0.15) is 0 Å². The van der Waals surface area contributed by atoms with Crippen LogP contribution in [0.2, 0.25) is 0 Å². The normalized spacial score (nSPS) is 16.9. The number of hydrogen-bond acceptors (Lipinski definition) is 3. The summed E-state index contributed by atoms with van der Waals surface area (Å²) in [6, 6.07) is -0.458. The molecule has 0 aromatic heterocycles. The van der Waals surface area contributed by atoms with Gasteiger partial charge in [0.05, 0.1) is 11.6 Å². The summed E-state index contributed by atoms with van der Waals surface area (Å²) in [6.07, 6.45) is 2.23. The number of carbonyl (C=O) groups excluding carboxylic acids is 1. The van der Waals surface area contributed by atoms with Crippen molar-refractivity contribution in [1.29, 1.82) is 0 Å². The van der Waals surface area contributed by atoms with Gasteiger partial charge in [0, 0.05) is 6.54 Å². The third-order valence-corrected chi connectivity index (χ3v) is 2.43. The molecule has 0 aromatic carbocycles. The largest absolute Gasteiger partial charge is 0.388 e. The van der Waals surface area contributed by atoms with Crippen molar-refractivity contribution < 1.29 is 9.90 Å². The number of rotatable bonds is 7. The van der Waals surface area contributed by atoms with Gasteiger partial charge < -0.3 is 16.2 Å². The predicted molar refractivity (Wildman–Crippen MR) is 66.0 cm³/mol. The Balaban J connectivity index is 3.99.